The lowest BCUT2D eigenvalue weighted by molar-refractivity contribution is 0.621. The summed E-state index contributed by atoms with van der Waals surface area (Å²) in [6.07, 6.45) is 0. The van der Waals surface area contributed by atoms with Crippen LogP contribution in [0.2, 0.25) is 0 Å². The van der Waals surface area contributed by atoms with E-state index in [2.05, 4.69) is 10.3 Å². The Kier molecular flexibility index (Phi) is 5.28. The summed E-state index contributed by atoms with van der Waals surface area (Å²) in [4.78, 5) is 6.50. The molecule has 0 bridgehead atoms. The SMILES string of the molecule is CCNCc1cc(F)cc(N(C)Cc2cccc(C)n2)c1. The van der Waals surface area contributed by atoms with Gasteiger partial charge in [0.05, 0.1) is 12.2 Å². The summed E-state index contributed by atoms with van der Waals surface area (Å²) in [5.74, 6) is -0.204. The first kappa shape index (κ1) is 15.4. The van der Waals surface area contributed by atoms with E-state index in [1.54, 1.807) is 12.1 Å². The Bertz CT molecular complexity index is 598. The second-order valence-corrected chi connectivity index (χ2v) is 5.22. The van der Waals surface area contributed by atoms with E-state index in [1.165, 1.54) is 0 Å². The van der Waals surface area contributed by atoms with Gasteiger partial charge in [-0.1, -0.05) is 13.0 Å². The second kappa shape index (κ2) is 7.18. The Labute approximate surface area is 125 Å². The van der Waals surface area contributed by atoms with Crippen LogP contribution in [0.3, 0.4) is 0 Å². The molecular formula is C17H22FN3. The van der Waals surface area contributed by atoms with Crippen molar-refractivity contribution < 1.29 is 4.39 Å². The highest BCUT2D eigenvalue weighted by Crippen LogP contribution is 2.19. The van der Waals surface area contributed by atoms with Crippen molar-refractivity contribution in [3.05, 3.63) is 59.2 Å². The van der Waals surface area contributed by atoms with E-state index in [0.717, 1.165) is 29.2 Å². The Morgan fingerprint density at radius 3 is 2.76 bits per heavy atom. The number of anilines is 1. The molecule has 0 aliphatic heterocycles. The van der Waals surface area contributed by atoms with E-state index in [9.17, 15) is 4.39 Å². The van der Waals surface area contributed by atoms with E-state index in [-0.39, 0.29) is 5.82 Å². The maximum atomic E-state index is 13.7. The quantitative estimate of drug-likeness (QED) is 0.884. The van der Waals surface area contributed by atoms with Gasteiger partial charge in [-0.25, -0.2) is 4.39 Å². The van der Waals surface area contributed by atoms with Gasteiger partial charge in [0.1, 0.15) is 5.82 Å². The van der Waals surface area contributed by atoms with Gasteiger partial charge in [0, 0.05) is 25.0 Å². The van der Waals surface area contributed by atoms with Crippen LogP contribution in [0.1, 0.15) is 23.9 Å². The van der Waals surface area contributed by atoms with Gasteiger partial charge >= 0.3 is 0 Å². The molecule has 112 valence electrons. The predicted molar refractivity (Wildman–Crippen MR) is 84.9 cm³/mol. The first-order chi connectivity index (χ1) is 10.1. The molecule has 0 atom stereocenters. The fourth-order valence-corrected chi connectivity index (χ4v) is 2.25. The van der Waals surface area contributed by atoms with Crippen molar-refractivity contribution in [2.45, 2.75) is 26.9 Å². The van der Waals surface area contributed by atoms with Crippen molar-refractivity contribution in [3.8, 4) is 0 Å². The predicted octanol–water partition coefficient (Wildman–Crippen LogP) is 3.28. The average molecular weight is 287 g/mol. The van der Waals surface area contributed by atoms with Crippen molar-refractivity contribution >= 4 is 5.69 Å². The van der Waals surface area contributed by atoms with E-state index < -0.39 is 0 Å². The van der Waals surface area contributed by atoms with E-state index in [0.29, 0.717) is 13.1 Å². The van der Waals surface area contributed by atoms with E-state index >= 15 is 0 Å². The summed E-state index contributed by atoms with van der Waals surface area (Å²) >= 11 is 0. The van der Waals surface area contributed by atoms with Crippen LogP contribution in [0.15, 0.2) is 36.4 Å². The topological polar surface area (TPSA) is 28.2 Å². The van der Waals surface area contributed by atoms with Crippen LogP contribution in [-0.2, 0) is 13.1 Å². The number of pyridine rings is 1. The first-order valence-corrected chi connectivity index (χ1v) is 7.22. The molecule has 0 unspecified atom stereocenters. The van der Waals surface area contributed by atoms with Crippen molar-refractivity contribution in [2.24, 2.45) is 0 Å². The van der Waals surface area contributed by atoms with Crippen LogP contribution >= 0.6 is 0 Å². The van der Waals surface area contributed by atoms with Crippen molar-refractivity contribution in [1.29, 1.82) is 0 Å². The molecule has 1 aromatic heterocycles. The Morgan fingerprint density at radius 2 is 2.05 bits per heavy atom. The van der Waals surface area contributed by atoms with Crippen LogP contribution in [0.25, 0.3) is 0 Å². The number of hydrogen-bond acceptors (Lipinski definition) is 3. The molecule has 4 heteroatoms. The summed E-state index contributed by atoms with van der Waals surface area (Å²) in [5, 5.41) is 3.22. The number of hydrogen-bond donors (Lipinski definition) is 1. The number of aromatic nitrogens is 1. The molecule has 0 aliphatic rings. The Balaban J connectivity index is 2.14. The molecule has 0 fully saturated rings. The number of nitrogens with one attached hydrogen (secondary N) is 1. The second-order valence-electron chi connectivity index (χ2n) is 5.22. The fraction of sp³-hybridized carbons (Fsp3) is 0.353. The zero-order valence-electron chi connectivity index (χ0n) is 12.9. The van der Waals surface area contributed by atoms with Gasteiger partial charge in [-0.05, 0) is 49.4 Å². The average Bonchev–Trinajstić information content (AvgIpc) is 2.44. The molecular weight excluding hydrogens is 265 g/mol. The normalized spacial score (nSPS) is 10.7. The molecule has 1 heterocycles. The third kappa shape index (κ3) is 4.53. The van der Waals surface area contributed by atoms with E-state index in [1.807, 2.05) is 50.1 Å². The van der Waals surface area contributed by atoms with Crippen molar-refractivity contribution in [1.82, 2.24) is 10.3 Å². The maximum absolute atomic E-state index is 13.7. The lowest BCUT2D eigenvalue weighted by Gasteiger charge is -2.20. The van der Waals surface area contributed by atoms with Gasteiger partial charge in [-0.2, -0.15) is 0 Å². The molecule has 1 N–H and O–H groups in total. The summed E-state index contributed by atoms with van der Waals surface area (Å²) in [7, 11) is 1.95. The molecule has 0 amide bonds. The van der Waals surface area contributed by atoms with Gasteiger partial charge < -0.3 is 10.2 Å². The number of rotatable bonds is 6. The minimum Gasteiger partial charge on any atom is -0.369 e. The third-order valence-electron chi connectivity index (χ3n) is 3.31. The summed E-state index contributed by atoms with van der Waals surface area (Å²) in [6.45, 7) is 6.22. The highest BCUT2D eigenvalue weighted by Gasteiger charge is 2.07. The lowest BCUT2D eigenvalue weighted by Crippen LogP contribution is -2.18. The third-order valence-corrected chi connectivity index (χ3v) is 3.31. The van der Waals surface area contributed by atoms with Crippen LogP contribution in [0, 0.1) is 12.7 Å². The molecule has 3 nitrogen and oxygen atoms in total. The van der Waals surface area contributed by atoms with Gasteiger partial charge in [-0.15, -0.1) is 0 Å². The lowest BCUT2D eigenvalue weighted by atomic mass is 10.1. The molecule has 0 saturated carbocycles. The van der Waals surface area contributed by atoms with Gasteiger partial charge in [0.25, 0.3) is 0 Å². The summed E-state index contributed by atoms with van der Waals surface area (Å²) in [6, 6.07) is 11.1. The Hall–Kier alpha value is -1.94. The van der Waals surface area contributed by atoms with Crippen LogP contribution in [-0.4, -0.2) is 18.6 Å². The van der Waals surface area contributed by atoms with Gasteiger partial charge in [0.2, 0.25) is 0 Å². The molecule has 0 spiro atoms. The number of aryl methyl sites for hydroxylation is 1. The van der Waals surface area contributed by atoms with Crippen LogP contribution in [0.5, 0.6) is 0 Å². The Morgan fingerprint density at radius 1 is 1.24 bits per heavy atom. The standard InChI is InChI=1S/C17H22FN3/c1-4-19-11-14-8-15(18)10-17(9-14)21(3)12-16-7-5-6-13(2)20-16/h5-10,19H,4,11-12H2,1-3H3. The minimum absolute atomic E-state index is 0.204. The summed E-state index contributed by atoms with van der Waals surface area (Å²) in [5.41, 5.74) is 3.80. The molecule has 21 heavy (non-hydrogen) atoms. The summed E-state index contributed by atoms with van der Waals surface area (Å²) < 4.78 is 13.7. The van der Waals surface area contributed by atoms with Crippen LogP contribution < -0.4 is 10.2 Å². The van der Waals surface area contributed by atoms with Gasteiger partial charge in [0.15, 0.2) is 0 Å². The molecule has 0 radical (unpaired) electrons. The molecule has 2 aromatic rings. The van der Waals surface area contributed by atoms with Crippen molar-refractivity contribution in [3.63, 3.8) is 0 Å². The van der Waals surface area contributed by atoms with E-state index in [4.69, 9.17) is 0 Å². The number of halogens is 1. The fourth-order valence-electron chi connectivity index (χ4n) is 2.25. The monoisotopic (exact) mass is 287 g/mol. The molecule has 2 rings (SSSR count). The number of benzene rings is 1. The maximum Gasteiger partial charge on any atom is 0.125 e. The highest BCUT2D eigenvalue weighted by atomic mass is 19.1. The van der Waals surface area contributed by atoms with Crippen molar-refractivity contribution in [2.75, 3.05) is 18.5 Å². The number of nitrogens with zero attached hydrogens (tertiary/aromatic N) is 2. The largest absolute Gasteiger partial charge is 0.369 e. The van der Waals surface area contributed by atoms with Gasteiger partial charge in [-0.3, -0.25) is 4.98 Å². The minimum atomic E-state index is -0.204. The molecule has 1 aromatic carbocycles. The molecule has 0 aliphatic carbocycles. The molecule has 0 saturated heterocycles. The smallest absolute Gasteiger partial charge is 0.125 e. The first-order valence-electron chi connectivity index (χ1n) is 7.22. The van der Waals surface area contributed by atoms with Crippen LogP contribution in [0.4, 0.5) is 10.1 Å². The zero-order valence-corrected chi connectivity index (χ0v) is 12.9. The highest BCUT2D eigenvalue weighted by molar-refractivity contribution is 5.48. The zero-order chi connectivity index (χ0) is 15.2.